The fourth-order valence-corrected chi connectivity index (χ4v) is 3.45. The number of methoxy groups -OCH3 is 1. The van der Waals surface area contributed by atoms with E-state index in [9.17, 15) is 0 Å². The third-order valence-electron chi connectivity index (χ3n) is 5.23. The fraction of sp³-hybridized carbons (Fsp3) is 0.409. The average molecular weight is 394 g/mol. The molecule has 1 unspecified atom stereocenters. The summed E-state index contributed by atoms with van der Waals surface area (Å²) in [5.74, 6) is 2.52. The molecule has 3 heterocycles. The van der Waals surface area contributed by atoms with Gasteiger partial charge in [-0.05, 0) is 43.1 Å². The highest BCUT2D eigenvalue weighted by molar-refractivity contribution is 5.51. The van der Waals surface area contributed by atoms with E-state index in [0.29, 0.717) is 30.6 Å². The second-order valence-corrected chi connectivity index (χ2v) is 7.81. The average Bonchev–Trinajstić information content (AvgIpc) is 3.22. The van der Waals surface area contributed by atoms with Crippen LogP contribution >= 0.6 is 0 Å². The van der Waals surface area contributed by atoms with Crippen molar-refractivity contribution in [2.24, 2.45) is 5.41 Å². The summed E-state index contributed by atoms with van der Waals surface area (Å²) >= 11 is 0. The number of hydrogen-bond donors (Lipinski definition) is 1. The van der Waals surface area contributed by atoms with E-state index < -0.39 is 0 Å². The molecule has 29 heavy (non-hydrogen) atoms. The van der Waals surface area contributed by atoms with Crippen molar-refractivity contribution >= 4 is 0 Å². The second-order valence-electron chi connectivity index (χ2n) is 7.81. The zero-order valence-corrected chi connectivity index (χ0v) is 16.9. The third-order valence-corrected chi connectivity index (χ3v) is 5.23. The van der Waals surface area contributed by atoms with Crippen molar-refractivity contribution in [3.63, 3.8) is 0 Å². The van der Waals surface area contributed by atoms with Gasteiger partial charge in [-0.1, -0.05) is 24.2 Å². The van der Waals surface area contributed by atoms with Crippen molar-refractivity contribution in [3.05, 3.63) is 54.0 Å². The number of benzene rings is 1. The van der Waals surface area contributed by atoms with E-state index in [0.717, 1.165) is 36.4 Å². The maximum atomic E-state index is 5.91. The molecule has 4 rings (SSSR count). The van der Waals surface area contributed by atoms with Gasteiger partial charge in [-0.2, -0.15) is 4.98 Å². The SMILES string of the molecule is COc1ccc(Cc2noc(-c3ccc(OCC4(C)CCCNC4)nc3)n2)cc1. The number of ether oxygens (including phenoxy) is 2. The van der Waals surface area contributed by atoms with Gasteiger partial charge in [-0.3, -0.25) is 0 Å². The van der Waals surface area contributed by atoms with Crippen molar-refractivity contribution in [2.45, 2.75) is 26.2 Å². The van der Waals surface area contributed by atoms with Crippen LogP contribution in [0.2, 0.25) is 0 Å². The lowest BCUT2D eigenvalue weighted by molar-refractivity contribution is 0.125. The Hall–Kier alpha value is -2.93. The van der Waals surface area contributed by atoms with Gasteiger partial charge in [0.15, 0.2) is 5.82 Å². The monoisotopic (exact) mass is 394 g/mol. The van der Waals surface area contributed by atoms with Crippen LogP contribution in [0.4, 0.5) is 0 Å². The molecule has 1 aliphatic rings. The van der Waals surface area contributed by atoms with E-state index in [4.69, 9.17) is 14.0 Å². The Labute approximate surface area is 170 Å². The predicted octanol–water partition coefficient (Wildman–Crippen LogP) is 3.50. The minimum Gasteiger partial charge on any atom is -0.497 e. The summed E-state index contributed by atoms with van der Waals surface area (Å²) in [6.07, 6.45) is 4.65. The summed E-state index contributed by atoms with van der Waals surface area (Å²) in [6.45, 7) is 4.96. The third kappa shape index (κ3) is 4.92. The molecule has 1 aliphatic heterocycles. The van der Waals surface area contributed by atoms with Crippen LogP contribution in [0.15, 0.2) is 47.1 Å². The van der Waals surface area contributed by atoms with Gasteiger partial charge in [0.2, 0.25) is 5.88 Å². The molecule has 0 amide bonds. The Morgan fingerprint density at radius 2 is 2.03 bits per heavy atom. The zero-order chi connectivity index (χ0) is 20.1. The Bertz CT molecular complexity index is 916. The molecule has 0 spiro atoms. The summed E-state index contributed by atoms with van der Waals surface area (Å²) < 4.78 is 16.5. The Morgan fingerprint density at radius 1 is 1.17 bits per heavy atom. The molecule has 1 saturated heterocycles. The number of nitrogens with zero attached hydrogens (tertiary/aromatic N) is 3. The van der Waals surface area contributed by atoms with E-state index >= 15 is 0 Å². The first kappa shape index (κ1) is 19.4. The van der Waals surface area contributed by atoms with Crippen molar-refractivity contribution in [2.75, 3.05) is 26.8 Å². The van der Waals surface area contributed by atoms with Crippen LogP contribution in [-0.2, 0) is 6.42 Å². The van der Waals surface area contributed by atoms with Gasteiger partial charge < -0.3 is 19.3 Å². The van der Waals surface area contributed by atoms with Gasteiger partial charge in [0.1, 0.15) is 5.75 Å². The maximum Gasteiger partial charge on any atom is 0.259 e. The molecular weight excluding hydrogens is 368 g/mol. The molecule has 0 saturated carbocycles. The Balaban J connectivity index is 1.36. The van der Waals surface area contributed by atoms with Crippen molar-refractivity contribution in [3.8, 4) is 23.1 Å². The van der Waals surface area contributed by atoms with Crippen molar-refractivity contribution in [1.82, 2.24) is 20.4 Å². The number of hydrogen-bond acceptors (Lipinski definition) is 7. The minimum atomic E-state index is 0.154. The molecule has 1 atom stereocenters. The van der Waals surface area contributed by atoms with E-state index in [1.165, 1.54) is 6.42 Å². The van der Waals surface area contributed by atoms with Gasteiger partial charge in [0, 0.05) is 30.6 Å². The summed E-state index contributed by atoms with van der Waals surface area (Å²) in [6, 6.07) is 11.6. The van der Waals surface area contributed by atoms with Crippen LogP contribution in [0.1, 0.15) is 31.2 Å². The highest BCUT2D eigenvalue weighted by Crippen LogP contribution is 2.27. The number of aromatic nitrogens is 3. The molecule has 3 aromatic rings. The predicted molar refractivity (Wildman–Crippen MR) is 109 cm³/mol. The summed E-state index contributed by atoms with van der Waals surface area (Å²) in [4.78, 5) is 8.88. The normalized spacial score (nSPS) is 19.1. The molecule has 0 aliphatic carbocycles. The van der Waals surface area contributed by atoms with Crippen molar-refractivity contribution in [1.29, 1.82) is 0 Å². The molecule has 7 heteroatoms. The van der Waals surface area contributed by atoms with Crippen molar-refractivity contribution < 1.29 is 14.0 Å². The quantitative estimate of drug-likeness (QED) is 0.657. The van der Waals surface area contributed by atoms with Gasteiger partial charge in [-0.15, -0.1) is 0 Å². The van der Waals surface area contributed by atoms with Gasteiger partial charge in [0.05, 0.1) is 19.3 Å². The van der Waals surface area contributed by atoms with Gasteiger partial charge in [-0.25, -0.2) is 4.98 Å². The number of nitrogens with one attached hydrogen (secondary N) is 1. The summed E-state index contributed by atoms with van der Waals surface area (Å²) in [5.41, 5.74) is 2.02. The minimum absolute atomic E-state index is 0.154. The first-order chi connectivity index (χ1) is 14.1. The first-order valence-corrected chi connectivity index (χ1v) is 9.89. The second kappa shape index (κ2) is 8.61. The van der Waals surface area contributed by atoms with Crippen LogP contribution in [0, 0.1) is 5.41 Å². The smallest absolute Gasteiger partial charge is 0.259 e. The molecular formula is C22H26N4O3. The lowest BCUT2D eigenvalue weighted by Crippen LogP contribution is -2.41. The molecule has 0 radical (unpaired) electrons. The van der Waals surface area contributed by atoms with Crippen LogP contribution < -0.4 is 14.8 Å². The maximum absolute atomic E-state index is 5.91. The largest absolute Gasteiger partial charge is 0.497 e. The van der Waals surface area contributed by atoms with Gasteiger partial charge in [0.25, 0.3) is 5.89 Å². The molecule has 152 valence electrons. The summed E-state index contributed by atoms with van der Waals surface area (Å²) in [7, 11) is 1.65. The van der Waals surface area contributed by atoms with Crippen LogP contribution in [0.5, 0.6) is 11.6 Å². The molecule has 0 bridgehead atoms. The zero-order valence-electron chi connectivity index (χ0n) is 16.9. The number of rotatable bonds is 7. The molecule has 7 nitrogen and oxygen atoms in total. The molecule has 1 N–H and O–H groups in total. The molecule has 2 aromatic heterocycles. The van der Waals surface area contributed by atoms with Gasteiger partial charge >= 0.3 is 0 Å². The molecule has 1 aromatic carbocycles. The highest BCUT2D eigenvalue weighted by Gasteiger charge is 2.27. The lowest BCUT2D eigenvalue weighted by atomic mass is 9.84. The first-order valence-electron chi connectivity index (χ1n) is 9.89. The lowest BCUT2D eigenvalue weighted by Gasteiger charge is -2.33. The van der Waals surface area contributed by atoms with E-state index in [1.807, 2.05) is 36.4 Å². The Kier molecular flexibility index (Phi) is 5.76. The van der Waals surface area contributed by atoms with Crippen LogP contribution in [0.25, 0.3) is 11.5 Å². The number of pyridine rings is 1. The fourth-order valence-electron chi connectivity index (χ4n) is 3.45. The van der Waals surface area contributed by atoms with Crippen LogP contribution in [0.3, 0.4) is 0 Å². The highest BCUT2D eigenvalue weighted by atomic mass is 16.5. The van der Waals surface area contributed by atoms with E-state index in [-0.39, 0.29) is 5.41 Å². The molecule has 1 fully saturated rings. The van der Waals surface area contributed by atoms with E-state index in [2.05, 4.69) is 27.4 Å². The topological polar surface area (TPSA) is 82.3 Å². The standard InChI is InChI=1S/C22H26N4O3/c1-22(10-3-11-23-14-22)15-28-20-9-6-17(13-24-20)21-25-19(26-29-21)12-16-4-7-18(27-2)8-5-16/h4-9,13,23H,3,10-12,14-15H2,1-2H3. The summed E-state index contributed by atoms with van der Waals surface area (Å²) in [5, 5.41) is 7.51. The number of piperidine rings is 1. The van der Waals surface area contributed by atoms with Crippen LogP contribution in [-0.4, -0.2) is 41.9 Å². The van der Waals surface area contributed by atoms with E-state index in [1.54, 1.807) is 13.3 Å². The Morgan fingerprint density at radius 3 is 2.72 bits per heavy atom.